The SMILES string of the molecule is CC(F)(F)CC(=O)N1CC(Cl)C(C)(C)C1. The van der Waals surface area contributed by atoms with E-state index in [1.165, 1.54) is 4.90 Å². The van der Waals surface area contributed by atoms with E-state index >= 15 is 0 Å². The molecule has 1 amide bonds. The van der Waals surface area contributed by atoms with Crippen LogP contribution in [0.15, 0.2) is 0 Å². The molecule has 1 fully saturated rings. The van der Waals surface area contributed by atoms with Crippen molar-refractivity contribution < 1.29 is 13.6 Å². The van der Waals surface area contributed by atoms with Gasteiger partial charge in [0.1, 0.15) is 0 Å². The fraction of sp³-hybridized carbons (Fsp3) is 0.900. The molecule has 15 heavy (non-hydrogen) atoms. The van der Waals surface area contributed by atoms with E-state index in [9.17, 15) is 13.6 Å². The standard InChI is InChI=1S/C10H16ClF2NO/c1-9(2)6-14(5-7(9)11)8(15)4-10(3,12)13/h7H,4-6H2,1-3H3. The molecule has 1 atom stereocenters. The summed E-state index contributed by atoms with van der Waals surface area (Å²) in [6, 6.07) is 0. The highest BCUT2D eigenvalue weighted by Gasteiger charge is 2.41. The van der Waals surface area contributed by atoms with Gasteiger partial charge in [0, 0.05) is 18.5 Å². The van der Waals surface area contributed by atoms with Crippen LogP contribution in [0.4, 0.5) is 8.78 Å². The lowest BCUT2D eigenvalue weighted by Crippen LogP contribution is -2.33. The van der Waals surface area contributed by atoms with Crippen LogP contribution in [0.3, 0.4) is 0 Å². The molecule has 1 heterocycles. The maximum Gasteiger partial charge on any atom is 0.254 e. The van der Waals surface area contributed by atoms with Crippen LogP contribution < -0.4 is 0 Å². The first kappa shape index (κ1) is 12.7. The van der Waals surface area contributed by atoms with Crippen molar-refractivity contribution in [1.29, 1.82) is 0 Å². The molecule has 0 radical (unpaired) electrons. The molecule has 0 aliphatic carbocycles. The Balaban J connectivity index is 2.58. The summed E-state index contributed by atoms with van der Waals surface area (Å²) in [7, 11) is 0. The number of likely N-dealkylation sites (tertiary alicyclic amines) is 1. The molecule has 88 valence electrons. The largest absolute Gasteiger partial charge is 0.340 e. The highest BCUT2D eigenvalue weighted by molar-refractivity contribution is 6.21. The van der Waals surface area contributed by atoms with Crippen molar-refractivity contribution in [3.63, 3.8) is 0 Å². The van der Waals surface area contributed by atoms with Crippen molar-refractivity contribution in [1.82, 2.24) is 4.90 Å². The summed E-state index contributed by atoms with van der Waals surface area (Å²) < 4.78 is 25.3. The van der Waals surface area contributed by atoms with E-state index in [4.69, 9.17) is 11.6 Å². The lowest BCUT2D eigenvalue weighted by atomic mass is 9.92. The third-order valence-corrected chi connectivity index (χ3v) is 3.37. The van der Waals surface area contributed by atoms with Gasteiger partial charge in [-0.15, -0.1) is 11.6 Å². The summed E-state index contributed by atoms with van der Waals surface area (Å²) in [5, 5.41) is -0.160. The number of carbonyl (C=O) groups is 1. The van der Waals surface area contributed by atoms with E-state index < -0.39 is 18.3 Å². The summed E-state index contributed by atoms with van der Waals surface area (Å²) in [6.45, 7) is 5.44. The van der Waals surface area contributed by atoms with E-state index in [1.54, 1.807) is 0 Å². The third kappa shape index (κ3) is 3.30. The molecule has 0 aromatic rings. The number of rotatable bonds is 2. The van der Waals surface area contributed by atoms with Crippen LogP contribution in [-0.2, 0) is 4.79 Å². The average Bonchev–Trinajstić information content (AvgIpc) is 2.23. The van der Waals surface area contributed by atoms with Crippen molar-refractivity contribution >= 4 is 17.5 Å². The zero-order valence-corrected chi connectivity index (χ0v) is 9.94. The van der Waals surface area contributed by atoms with E-state index in [2.05, 4.69) is 0 Å². The van der Waals surface area contributed by atoms with E-state index in [0.29, 0.717) is 13.1 Å². The minimum absolute atomic E-state index is 0.160. The van der Waals surface area contributed by atoms with Gasteiger partial charge in [0.15, 0.2) is 0 Å². The Hall–Kier alpha value is -0.380. The van der Waals surface area contributed by atoms with Crippen molar-refractivity contribution in [2.45, 2.75) is 38.5 Å². The van der Waals surface area contributed by atoms with Crippen molar-refractivity contribution in [3.8, 4) is 0 Å². The van der Waals surface area contributed by atoms with Gasteiger partial charge in [-0.3, -0.25) is 4.79 Å². The number of carbonyl (C=O) groups excluding carboxylic acids is 1. The zero-order chi connectivity index (χ0) is 11.9. The molecule has 0 aromatic carbocycles. The number of hydrogen-bond donors (Lipinski definition) is 0. The molecule has 1 aliphatic rings. The van der Waals surface area contributed by atoms with Gasteiger partial charge >= 0.3 is 0 Å². The second-order valence-electron chi connectivity index (χ2n) is 4.98. The molecule has 0 N–H and O–H groups in total. The molecular formula is C10H16ClF2NO. The highest BCUT2D eigenvalue weighted by atomic mass is 35.5. The average molecular weight is 240 g/mol. The van der Waals surface area contributed by atoms with Crippen LogP contribution in [-0.4, -0.2) is 35.2 Å². The van der Waals surface area contributed by atoms with Crippen LogP contribution in [0.1, 0.15) is 27.2 Å². The summed E-state index contributed by atoms with van der Waals surface area (Å²) in [4.78, 5) is 12.9. The molecule has 0 bridgehead atoms. The Morgan fingerprint density at radius 3 is 2.47 bits per heavy atom. The fourth-order valence-corrected chi connectivity index (χ4v) is 1.90. The number of alkyl halides is 3. The predicted octanol–water partition coefficient (Wildman–Crippen LogP) is 2.51. The second kappa shape index (κ2) is 3.89. The van der Waals surface area contributed by atoms with Crippen LogP contribution in [0.5, 0.6) is 0 Å². The van der Waals surface area contributed by atoms with Gasteiger partial charge in [-0.05, 0) is 6.92 Å². The lowest BCUT2D eigenvalue weighted by molar-refractivity contribution is -0.136. The molecule has 0 aromatic heterocycles. The molecule has 1 aliphatic heterocycles. The minimum Gasteiger partial charge on any atom is -0.340 e. The van der Waals surface area contributed by atoms with Crippen molar-refractivity contribution in [2.75, 3.05) is 13.1 Å². The van der Waals surface area contributed by atoms with Gasteiger partial charge in [-0.2, -0.15) is 0 Å². The third-order valence-electron chi connectivity index (χ3n) is 2.64. The van der Waals surface area contributed by atoms with Gasteiger partial charge in [-0.25, -0.2) is 8.78 Å². The molecule has 5 heteroatoms. The molecular weight excluding hydrogens is 224 g/mol. The normalized spacial score (nSPS) is 25.7. The summed E-state index contributed by atoms with van der Waals surface area (Å²) >= 11 is 6.03. The fourth-order valence-electron chi connectivity index (χ4n) is 1.66. The van der Waals surface area contributed by atoms with Gasteiger partial charge in [-0.1, -0.05) is 13.8 Å². The van der Waals surface area contributed by atoms with Gasteiger partial charge in [0.05, 0.1) is 11.8 Å². The molecule has 1 saturated heterocycles. The van der Waals surface area contributed by atoms with Crippen LogP contribution in [0.25, 0.3) is 0 Å². The van der Waals surface area contributed by atoms with Crippen molar-refractivity contribution in [2.24, 2.45) is 5.41 Å². The highest BCUT2D eigenvalue weighted by Crippen LogP contribution is 2.34. The summed E-state index contributed by atoms with van der Waals surface area (Å²) in [6.07, 6.45) is -0.729. The Labute approximate surface area is 93.6 Å². The smallest absolute Gasteiger partial charge is 0.254 e. The Morgan fingerprint density at radius 1 is 1.60 bits per heavy atom. The molecule has 2 nitrogen and oxygen atoms in total. The van der Waals surface area contributed by atoms with Gasteiger partial charge in [0.25, 0.3) is 5.92 Å². The zero-order valence-electron chi connectivity index (χ0n) is 9.19. The lowest BCUT2D eigenvalue weighted by Gasteiger charge is -2.21. The van der Waals surface area contributed by atoms with Gasteiger partial charge < -0.3 is 4.90 Å². The number of nitrogens with zero attached hydrogens (tertiary/aromatic N) is 1. The maximum atomic E-state index is 12.6. The first-order chi connectivity index (χ1) is 6.62. The monoisotopic (exact) mass is 239 g/mol. The van der Waals surface area contributed by atoms with Crippen LogP contribution in [0, 0.1) is 5.41 Å². The molecule has 0 spiro atoms. The quantitative estimate of drug-likeness (QED) is 0.678. The molecule has 0 saturated carbocycles. The second-order valence-corrected chi connectivity index (χ2v) is 5.50. The number of amides is 1. The molecule has 1 unspecified atom stereocenters. The summed E-state index contributed by atoms with van der Waals surface area (Å²) in [5.41, 5.74) is -0.194. The Bertz CT molecular complexity index is 263. The van der Waals surface area contributed by atoms with Crippen molar-refractivity contribution in [3.05, 3.63) is 0 Å². The Kier molecular flexibility index (Phi) is 3.29. The first-order valence-corrected chi connectivity index (χ1v) is 5.35. The van der Waals surface area contributed by atoms with Gasteiger partial charge in [0.2, 0.25) is 5.91 Å². The van der Waals surface area contributed by atoms with E-state index in [0.717, 1.165) is 6.92 Å². The summed E-state index contributed by atoms with van der Waals surface area (Å²) in [5.74, 6) is -3.45. The number of hydrogen-bond acceptors (Lipinski definition) is 1. The van der Waals surface area contributed by atoms with E-state index in [1.807, 2.05) is 13.8 Å². The predicted molar refractivity (Wildman–Crippen MR) is 55.2 cm³/mol. The minimum atomic E-state index is -2.94. The first-order valence-electron chi connectivity index (χ1n) is 4.91. The Morgan fingerprint density at radius 2 is 2.13 bits per heavy atom. The van der Waals surface area contributed by atoms with E-state index in [-0.39, 0.29) is 10.8 Å². The topological polar surface area (TPSA) is 20.3 Å². The maximum absolute atomic E-state index is 12.6. The molecule has 1 rings (SSSR count). The van der Waals surface area contributed by atoms with Crippen LogP contribution >= 0.6 is 11.6 Å². The number of halogens is 3. The van der Waals surface area contributed by atoms with Crippen LogP contribution in [0.2, 0.25) is 0 Å².